The highest BCUT2D eigenvalue weighted by Gasteiger charge is 2.01. The number of methoxy groups -OCH3 is 1. The van der Waals surface area contributed by atoms with E-state index in [2.05, 4.69) is 19.2 Å². The van der Waals surface area contributed by atoms with E-state index in [0.717, 1.165) is 12.5 Å². The highest BCUT2D eigenvalue weighted by molar-refractivity contribution is 4.58. The zero-order chi connectivity index (χ0) is 10.6. The van der Waals surface area contributed by atoms with Gasteiger partial charge in [0.2, 0.25) is 0 Å². The molecule has 0 aliphatic heterocycles. The molecule has 0 atom stereocenters. The number of rotatable bonds is 10. The molecule has 0 aromatic heterocycles. The highest BCUT2D eigenvalue weighted by atomic mass is 16.5. The molecular weight excluding hydrogens is 174 g/mol. The van der Waals surface area contributed by atoms with Gasteiger partial charge >= 0.3 is 0 Å². The molecule has 0 rings (SSSR count). The van der Waals surface area contributed by atoms with Crippen molar-refractivity contribution >= 4 is 0 Å². The minimum atomic E-state index is 0.869. The van der Waals surface area contributed by atoms with E-state index in [0.29, 0.717) is 0 Å². The molecule has 0 saturated carbocycles. The number of nitrogens with one attached hydrogen (secondary N) is 1. The second kappa shape index (κ2) is 11.0. The largest absolute Gasteiger partial charge is 0.385 e. The average molecular weight is 201 g/mol. The lowest BCUT2D eigenvalue weighted by Gasteiger charge is -2.12. The molecule has 0 aromatic rings. The van der Waals surface area contributed by atoms with Gasteiger partial charge in [-0.25, -0.2) is 0 Å². The summed E-state index contributed by atoms with van der Waals surface area (Å²) >= 11 is 0. The smallest absolute Gasteiger partial charge is 0.0462 e. The van der Waals surface area contributed by atoms with Crippen molar-refractivity contribution in [3.8, 4) is 0 Å². The molecule has 0 aliphatic carbocycles. The van der Waals surface area contributed by atoms with Gasteiger partial charge in [0.05, 0.1) is 0 Å². The summed E-state index contributed by atoms with van der Waals surface area (Å²) in [6, 6.07) is 0. The number of hydrogen-bond donors (Lipinski definition) is 1. The first-order valence-corrected chi connectivity index (χ1v) is 6.04. The summed E-state index contributed by atoms with van der Waals surface area (Å²) in [6.07, 6.45) is 6.36. The third-order valence-corrected chi connectivity index (χ3v) is 2.79. The van der Waals surface area contributed by atoms with Crippen LogP contribution in [0.25, 0.3) is 0 Å². The predicted molar refractivity (Wildman–Crippen MR) is 62.7 cm³/mol. The van der Waals surface area contributed by atoms with Gasteiger partial charge in [-0.2, -0.15) is 0 Å². The molecule has 0 bridgehead atoms. The van der Waals surface area contributed by atoms with Gasteiger partial charge in [-0.05, 0) is 38.3 Å². The summed E-state index contributed by atoms with van der Waals surface area (Å²) in [5, 5.41) is 3.52. The molecule has 0 heterocycles. The molecule has 0 unspecified atom stereocenters. The van der Waals surface area contributed by atoms with Crippen LogP contribution in [0.3, 0.4) is 0 Å². The van der Waals surface area contributed by atoms with Crippen LogP contribution < -0.4 is 5.32 Å². The maximum Gasteiger partial charge on any atom is 0.0462 e. The molecule has 0 fully saturated rings. The SMILES string of the molecule is CCC(CC)CNCCCCCOC. The molecule has 0 amide bonds. The van der Waals surface area contributed by atoms with Gasteiger partial charge in [-0.3, -0.25) is 0 Å². The van der Waals surface area contributed by atoms with Gasteiger partial charge < -0.3 is 10.1 Å². The third-order valence-electron chi connectivity index (χ3n) is 2.79. The quantitative estimate of drug-likeness (QED) is 0.549. The highest BCUT2D eigenvalue weighted by Crippen LogP contribution is 2.05. The zero-order valence-corrected chi connectivity index (χ0v) is 10.1. The fourth-order valence-corrected chi connectivity index (χ4v) is 1.56. The molecule has 0 spiro atoms. The first kappa shape index (κ1) is 13.9. The van der Waals surface area contributed by atoms with Crippen LogP contribution in [-0.4, -0.2) is 26.8 Å². The Morgan fingerprint density at radius 1 is 1.07 bits per heavy atom. The predicted octanol–water partition coefficient (Wildman–Crippen LogP) is 2.83. The first-order chi connectivity index (χ1) is 6.85. The van der Waals surface area contributed by atoms with E-state index >= 15 is 0 Å². The summed E-state index contributed by atoms with van der Waals surface area (Å²) in [6.45, 7) is 7.81. The maximum atomic E-state index is 5.00. The Labute approximate surface area is 89.4 Å². The second-order valence-electron chi connectivity index (χ2n) is 3.94. The van der Waals surface area contributed by atoms with Crippen molar-refractivity contribution in [1.29, 1.82) is 0 Å². The van der Waals surface area contributed by atoms with E-state index in [-0.39, 0.29) is 0 Å². The number of ether oxygens (including phenoxy) is 1. The summed E-state index contributed by atoms with van der Waals surface area (Å²) < 4.78 is 5.00. The van der Waals surface area contributed by atoms with Crippen LogP contribution in [0.15, 0.2) is 0 Å². The Morgan fingerprint density at radius 2 is 1.79 bits per heavy atom. The molecule has 14 heavy (non-hydrogen) atoms. The van der Waals surface area contributed by atoms with E-state index < -0.39 is 0 Å². The standard InChI is InChI=1S/C12H27NO/c1-4-12(5-2)11-13-9-7-6-8-10-14-3/h12-13H,4-11H2,1-3H3. The van der Waals surface area contributed by atoms with Crippen molar-refractivity contribution in [3.63, 3.8) is 0 Å². The van der Waals surface area contributed by atoms with Gasteiger partial charge in [0.1, 0.15) is 0 Å². The van der Waals surface area contributed by atoms with Crippen molar-refractivity contribution in [1.82, 2.24) is 5.32 Å². The monoisotopic (exact) mass is 201 g/mol. The average Bonchev–Trinajstić information content (AvgIpc) is 2.22. The summed E-state index contributed by atoms with van der Waals surface area (Å²) in [7, 11) is 1.77. The van der Waals surface area contributed by atoms with Gasteiger partial charge in [-0.1, -0.05) is 26.7 Å². The van der Waals surface area contributed by atoms with Crippen LogP contribution in [0.5, 0.6) is 0 Å². The van der Waals surface area contributed by atoms with Crippen molar-refractivity contribution < 1.29 is 4.74 Å². The molecule has 0 saturated heterocycles. The van der Waals surface area contributed by atoms with E-state index in [1.165, 1.54) is 45.2 Å². The lowest BCUT2D eigenvalue weighted by Crippen LogP contribution is -2.23. The Bertz CT molecular complexity index is 102. The molecule has 1 N–H and O–H groups in total. The van der Waals surface area contributed by atoms with Crippen LogP contribution in [0.2, 0.25) is 0 Å². The topological polar surface area (TPSA) is 21.3 Å². The minimum Gasteiger partial charge on any atom is -0.385 e. The van der Waals surface area contributed by atoms with Gasteiger partial charge in [-0.15, -0.1) is 0 Å². The van der Waals surface area contributed by atoms with Crippen molar-refractivity contribution in [2.75, 3.05) is 26.8 Å². The fourth-order valence-electron chi connectivity index (χ4n) is 1.56. The number of unbranched alkanes of at least 4 members (excludes halogenated alkanes) is 2. The molecule has 0 aliphatic rings. The Hall–Kier alpha value is -0.0800. The Morgan fingerprint density at radius 3 is 2.36 bits per heavy atom. The molecular formula is C12H27NO. The minimum absolute atomic E-state index is 0.869. The lowest BCUT2D eigenvalue weighted by molar-refractivity contribution is 0.192. The van der Waals surface area contributed by atoms with Gasteiger partial charge in [0.15, 0.2) is 0 Å². The van der Waals surface area contributed by atoms with Crippen LogP contribution in [0.1, 0.15) is 46.0 Å². The van der Waals surface area contributed by atoms with Crippen LogP contribution >= 0.6 is 0 Å². The van der Waals surface area contributed by atoms with Crippen LogP contribution in [-0.2, 0) is 4.74 Å². The molecule has 86 valence electrons. The van der Waals surface area contributed by atoms with E-state index in [1.54, 1.807) is 7.11 Å². The number of hydrogen-bond acceptors (Lipinski definition) is 2. The van der Waals surface area contributed by atoms with E-state index in [4.69, 9.17) is 4.74 Å². The van der Waals surface area contributed by atoms with Crippen molar-refractivity contribution in [2.24, 2.45) is 5.92 Å². The Balaban J connectivity index is 3.04. The summed E-state index contributed by atoms with van der Waals surface area (Å²) in [5.41, 5.74) is 0. The maximum absolute atomic E-state index is 5.00. The van der Waals surface area contributed by atoms with Crippen molar-refractivity contribution in [2.45, 2.75) is 46.0 Å². The van der Waals surface area contributed by atoms with Crippen LogP contribution in [0.4, 0.5) is 0 Å². The lowest BCUT2D eigenvalue weighted by atomic mass is 10.0. The normalized spacial score (nSPS) is 11.1. The fraction of sp³-hybridized carbons (Fsp3) is 1.00. The van der Waals surface area contributed by atoms with E-state index in [9.17, 15) is 0 Å². The van der Waals surface area contributed by atoms with E-state index in [1.807, 2.05) is 0 Å². The van der Waals surface area contributed by atoms with Crippen molar-refractivity contribution in [3.05, 3.63) is 0 Å². The van der Waals surface area contributed by atoms with Crippen LogP contribution in [0, 0.1) is 5.92 Å². The second-order valence-corrected chi connectivity index (χ2v) is 3.94. The molecule has 0 aromatic carbocycles. The molecule has 2 nitrogen and oxygen atoms in total. The third kappa shape index (κ3) is 8.52. The summed E-state index contributed by atoms with van der Waals surface area (Å²) in [5.74, 6) is 0.869. The van der Waals surface area contributed by atoms with Gasteiger partial charge in [0.25, 0.3) is 0 Å². The first-order valence-electron chi connectivity index (χ1n) is 6.04. The zero-order valence-electron chi connectivity index (χ0n) is 10.1. The summed E-state index contributed by atoms with van der Waals surface area (Å²) in [4.78, 5) is 0. The Kier molecular flexibility index (Phi) is 10.9. The molecule has 2 heteroatoms. The van der Waals surface area contributed by atoms with Gasteiger partial charge in [0, 0.05) is 13.7 Å². The molecule has 0 radical (unpaired) electrons.